The molecular weight excluding hydrogens is 309 g/mol. The van der Waals surface area contributed by atoms with Crippen molar-refractivity contribution in [3.05, 3.63) is 53.1 Å². The van der Waals surface area contributed by atoms with E-state index in [0.29, 0.717) is 11.3 Å². The molecular formula is C18H24FN3O2. The minimum absolute atomic E-state index is 0.124. The highest BCUT2D eigenvalue weighted by molar-refractivity contribution is 5.95. The molecule has 130 valence electrons. The minimum Gasteiger partial charge on any atom is -0.396 e. The van der Waals surface area contributed by atoms with Crippen LogP contribution in [0, 0.1) is 12.7 Å². The molecule has 0 aliphatic rings. The van der Waals surface area contributed by atoms with Gasteiger partial charge in [-0.05, 0) is 31.0 Å². The van der Waals surface area contributed by atoms with Gasteiger partial charge in [0, 0.05) is 25.2 Å². The Morgan fingerprint density at radius 2 is 2.08 bits per heavy atom. The lowest BCUT2D eigenvalue weighted by Gasteiger charge is -2.15. The highest BCUT2D eigenvalue weighted by Gasteiger charge is 2.16. The predicted octanol–water partition coefficient (Wildman–Crippen LogP) is 2.64. The van der Waals surface area contributed by atoms with Gasteiger partial charge in [-0.2, -0.15) is 5.10 Å². The van der Waals surface area contributed by atoms with Gasteiger partial charge in [0.1, 0.15) is 5.82 Å². The van der Waals surface area contributed by atoms with Gasteiger partial charge >= 0.3 is 0 Å². The molecule has 0 bridgehead atoms. The molecule has 6 heteroatoms. The molecule has 5 nitrogen and oxygen atoms in total. The lowest BCUT2D eigenvalue weighted by Crippen LogP contribution is -2.30. The van der Waals surface area contributed by atoms with Crippen molar-refractivity contribution in [2.45, 2.75) is 39.2 Å². The maximum Gasteiger partial charge on any atom is 0.254 e. The summed E-state index contributed by atoms with van der Waals surface area (Å²) in [6, 6.07) is 5.94. The highest BCUT2D eigenvalue weighted by Crippen LogP contribution is 2.15. The summed E-state index contributed by atoms with van der Waals surface area (Å²) in [6.07, 6.45) is 3.84. The van der Waals surface area contributed by atoms with Crippen molar-refractivity contribution < 1.29 is 14.3 Å². The van der Waals surface area contributed by atoms with E-state index in [2.05, 4.69) is 17.3 Å². The number of carbonyl (C=O) groups excluding carboxylic acids is 1. The van der Waals surface area contributed by atoms with Crippen LogP contribution in [0.5, 0.6) is 0 Å². The van der Waals surface area contributed by atoms with E-state index in [0.717, 1.165) is 24.9 Å². The number of nitrogens with zero attached hydrogens (tertiary/aromatic N) is 2. The Labute approximate surface area is 141 Å². The SMILES string of the molecule is CCCCn1cc(C(=O)NCC(CO)c2ccc(F)cc2)c(C)n1. The van der Waals surface area contributed by atoms with E-state index in [1.165, 1.54) is 12.1 Å². The summed E-state index contributed by atoms with van der Waals surface area (Å²) in [5, 5.41) is 16.7. The van der Waals surface area contributed by atoms with Crippen LogP contribution in [0.25, 0.3) is 0 Å². The number of unbranched alkanes of at least 4 members (excludes halogenated alkanes) is 1. The molecule has 1 aromatic carbocycles. The molecule has 0 aliphatic heterocycles. The molecule has 1 unspecified atom stereocenters. The molecule has 0 saturated carbocycles. The number of carbonyl (C=O) groups is 1. The van der Waals surface area contributed by atoms with E-state index in [-0.39, 0.29) is 30.8 Å². The molecule has 0 aliphatic carbocycles. The number of benzene rings is 1. The third-order valence-corrected chi connectivity index (χ3v) is 4.00. The van der Waals surface area contributed by atoms with Gasteiger partial charge in [0.15, 0.2) is 0 Å². The molecule has 0 spiro atoms. The molecule has 1 atom stereocenters. The molecule has 0 radical (unpaired) electrons. The number of aryl methyl sites for hydroxylation is 2. The molecule has 1 amide bonds. The van der Waals surface area contributed by atoms with Gasteiger partial charge in [0.2, 0.25) is 0 Å². The number of nitrogens with one attached hydrogen (secondary N) is 1. The number of hydrogen-bond donors (Lipinski definition) is 2. The van der Waals surface area contributed by atoms with Gasteiger partial charge in [-0.15, -0.1) is 0 Å². The largest absolute Gasteiger partial charge is 0.396 e. The first-order chi connectivity index (χ1) is 11.5. The second kappa shape index (κ2) is 8.59. The van der Waals surface area contributed by atoms with Crippen molar-refractivity contribution in [1.29, 1.82) is 0 Å². The standard InChI is InChI=1S/C18H24FN3O2/c1-3-4-9-22-11-17(13(2)21-22)18(24)20-10-15(12-23)14-5-7-16(19)8-6-14/h5-8,11,15,23H,3-4,9-10,12H2,1-2H3,(H,20,24). The number of aliphatic hydroxyl groups is 1. The Hall–Kier alpha value is -2.21. The number of aromatic nitrogens is 2. The second-order valence-corrected chi connectivity index (χ2v) is 5.89. The van der Waals surface area contributed by atoms with E-state index < -0.39 is 0 Å². The van der Waals surface area contributed by atoms with Crippen molar-refractivity contribution in [3.8, 4) is 0 Å². The fourth-order valence-corrected chi connectivity index (χ4v) is 2.51. The summed E-state index contributed by atoms with van der Waals surface area (Å²) in [4.78, 5) is 12.4. The zero-order valence-electron chi connectivity index (χ0n) is 14.1. The van der Waals surface area contributed by atoms with Gasteiger partial charge in [-0.1, -0.05) is 25.5 Å². The van der Waals surface area contributed by atoms with E-state index in [1.54, 1.807) is 29.9 Å². The Morgan fingerprint density at radius 1 is 1.38 bits per heavy atom. The number of hydrogen-bond acceptors (Lipinski definition) is 3. The predicted molar refractivity (Wildman–Crippen MR) is 90.4 cm³/mol. The van der Waals surface area contributed by atoms with E-state index in [1.807, 2.05) is 0 Å². The lowest BCUT2D eigenvalue weighted by atomic mass is 10.00. The van der Waals surface area contributed by atoms with E-state index >= 15 is 0 Å². The van der Waals surface area contributed by atoms with Crippen LogP contribution in [-0.4, -0.2) is 33.9 Å². The number of amides is 1. The number of aliphatic hydroxyl groups excluding tert-OH is 1. The average molecular weight is 333 g/mol. The second-order valence-electron chi connectivity index (χ2n) is 5.89. The third kappa shape index (κ3) is 4.64. The summed E-state index contributed by atoms with van der Waals surface area (Å²) in [5.41, 5.74) is 2.02. The molecule has 0 fully saturated rings. The summed E-state index contributed by atoms with van der Waals surface area (Å²) in [7, 11) is 0. The Bertz CT molecular complexity index is 667. The van der Waals surface area contributed by atoms with Crippen LogP contribution in [0.3, 0.4) is 0 Å². The van der Waals surface area contributed by atoms with Crippen molar-refractivity contribution in [2.75, 3.05) is 13.2 Å². The summed E-state index contributed by atoms with van der Waals surface area (Å²) in [6.45, 7) is 4.86. The van der Waals surface area contributed by atoms with Gasteiger partial charge in [-0.25, -0.2) is 4.39 Å². The van der Waals surface area contributed by atoms with Crippen LogP contribution in [-0.2, 0) is 6.54 Å². The van der Waals surface area contributed by atoms with Crippen molar-refractivity contribution >= 4 is 5.91 Å². The molecule has 1 aromatic heterocycles. The Balaban J connectivity index is 1.98. The third-order valence-electron chi connectivity index (χ3n) is 4.00. The van der Waals surface area contributed by atoms with Crippen LogP contribution in [0.4, 0.5) is 4.39 Å². The molecule has 2 rings (SSSR count). The van der Waals surface area contributed by atoms with Crippen molar-refractivity contribution in [2.24, 2.45) is 0 Å². The molecule has 1 heterocycles. The lowest BCUT2D eigenvalue weighted by molar-refractivity contribution is 0.0947. The fraction of sp³-hybridized carbons (Fsp3) is 0.444. The summed E-state index contributed by atoms with van der Waals surface area (Å²) in [5.74, 6) is -0.810. The maximum absolute atomic E-state index is 13.0. The molecule has 0 saturated heterocycles. The van der Waals surface area contributed by atoms with Crippen LogP contribution >= 0.6 is 0 Å². The maximum atomic E-state index is 13.0. The molecule has 2 N–H and O–H groups in total. The van der Waals surface area contributed by atoms with E-state index in [9.17, 15) is 14.3 Å². The normalized spacial score (nSPS) is 12.2. The zero-order valence-corrected chi connectivity index (χ0v) is 14.1. The van der Waals surface area contributed by atoms with Crippen LogP contribution in [0.1, 0.15) is 47.3 Å². The average Bonchev–Trinajstić information content (AvgIpc) is 2.95. The van der Waals surface area contributed by atoms with Crippen LogP contribution in [0.15, 0.2) is 30.5 Å². The van der Waals surface area contributed by atoms with E-state index in [4.69, 9.17) is 0 Å². The quantitative estimate of drug-likeness (QED) is 0.780. The minimum atomic E-state index is -0.324. The monoisotopic (exact) mass is 333 g/mol. The molecule has 24 heavy (non-hydrogen) atoms. The highest BCUT2D eigenvalue weighted by atomic mass is 19.1. The van der Waals surface area contributed by atoms with Gasteiger partial charge in [0.25, 0.3) is 5.91 Å². The first-order valence-corrected chi connectivity index (χ1v) is 8.23. The van der Waals surface area contributed by atoms with Crippen LogP contribution in [0.2, 0.25) is 0 Å². The number of rotatable bonds is 8. The molecule has 2 aromatic rings. The first kappa shape index (κ1) is 18.1. The number of halogens is 1. The smallest absolute Gasteiger partial charge is 0.254 e. The van der Waals surface area contributed by atoms with Gasteiger partial charge < -0.3 is 10.4 Å². The van der Waals surface area contributed by atoms with Gasteiger partial charge in [-0.3, -0.25) is 9.48 Å². The first-order valence-electron chi connectivity index (χ1n) is 8.23. The fourth-order valence-electron chi connectivity index (χ4n) is 2.51. The Morgan fingerprint density at radius 3 is 2.71 bits per heavy atom. The summed E-state index contributed by atoms with van der Waals surface area (Å²) >= 11 is 0. The summed E-state index contributed by atoms with van der Waals surface area (Å²) < 4.78 is 14.8. The van der Waals surface area contributed by atoms with Gasteiger partial charge in [0.05, 0.1) is 17.9 Å². The van der Waals surface area contributed by atoms with Crippen molar-refractivity contribution in [3.63, 3.8) is 0 Å². The van der Waals surface area contributed by atoms with Crippen molar-refractivity contribution in [1.82, 2.24) is 15.1 Å². The zero-order chi connectivity index (χ0) is 17.5. The topological polar surface area (TPSA) is 67.2 Å². The van der Waals surface area contributed by atoms with Crippen LogP contribution < -0.4 is 5.32 Å². The Kier molecular flexibility index (Phi) is 6.49.